The van der Waals surface area contributed by atoms with Gasteiger partial charge in [0.05, 0.1) is 25.5 Å². The van der Waals surface area contributed by atoms with Crippen molar-refractivity contribution in [3.8, 4) is 17.0 Å². The summed E-state index contributed by atoms with van der Waals surface area (Å²) in [5, 5.41) is 2.99. The number of H-pyrrole nitrogens is 1. The zero-order valence-corrected chi connectivity index (χ0v) is 9.75. The minimum Gasteiger partial charge on any atom is -0.496 e. The summed E-state index contributed by atoms with van der Waals surface area (Å²) >= 11 is 0. The summed E-state index contributed by atoms with van der Waals surface area (Å²) in [6.45, 7) is 0.637. The highest BCUT2D eigenvalue weighted by atomic mass is 19.1. The van der Waals surface area contributed by atoms with Crippen molar-refractivity contribution in [1.29, 1.82) is 0 Å². The van der Waals surface area contributed by atoms with Crippen molar-refractivity contribution in [3.63, 3.8) is 0 Å². The summed E-state index contributed by atoms with van der Waals surface area (Å²) in [5.74, 6) is 1.12. The fourth-order valence-electron chi connectivity index (χ4n) is 1.65. The lowest BCUT2D eigenvalue weighted by Gasteiger charge is -2.06. The lowest BCUT2D eigenvalue weighted by molar-refractivity contribution is 0.415. The largest absolute Gasteiger partial charge is 0.496 e. The van der Waals surface area contributed by atoms with E-state index in [9.17, 15) is 4.39 Å². The van der Waals surface area contributed by atoms with Crippen LogP contribution in [-0.4, -0.2) is 24.1 Å². The second kappa shape index (κ2) is 4.97. The molecule has 0 saturated carbocycles. The van der Waals surface area contributed by atoms with Crippen molar-refractivity contribution in [2.75, 3.05) is 14.2 Å². The van der Waals surface area contributed by atoms with E-state index in [1.54, 1.807) is 19.4 Å². The van der Waals surface area contributed by atoms with Crippen LogP contribution in [0.15, 0.2) is 24.4 Å². The van der Waals surface area contributed by atoms with E-state index in [-0.39, 0.29) is 5.82 Å². The molecule has 0 spiro atoms. The molecule has 0 saturated heterocycles. The van der Waals surface area contributed by atoms with Crippen LogP contribution in [0, 0.1) is 5.82 Å². The van der Waals surface area contributed by atoms with Gasteiger partial charge in [-0.15, -0.1) is 0 Å². The number of nitrogens with zero attached hydrogens (tertiary/aromatic N) is 1. The van der Waals surface area contributed by atoms with E-state index in [1.165, 1.54) is 12.1 Å². The molecule has 1 aromatic carbocycles. The third kappa shape index (κ3) is 2.45. The van der Waals surface area contributed by atoms with Gasteiger partial charge < -0.3 is 15.0 Å². The predicted octanol–water partition coefficient (Wildman–Crippen LogP) is 1.94. The molecule has 0 radical (unpaired) electrons. The number of aromatic amines is 1. The monoisotopic (exact) mass is 235 g/mol. The SMILES string of the molecule is CNCc1ncc(-c2cc(F)ccc2OC)[nH]1. The Kier molecular flexibility index (Phi) is 3.39. The topological polar surface area (TPSA) is 49.9 Å². The number of benzene rings is 1. The number of nitrogens with one attached hydrogen (secondary N) is 2. The van der Waals surface area contributed by atoms with Crippen LogP contribution in [0.25, 0.3) is 11.3 Å². The third-order valence-electron chi connectivity index (χ3n) is 2.42. The molecule has 0 fully saturated rings. The van der Waals surface area contributed by atoms with Gasteiger partial charge in [-0.25, -0.2) is 9.37 Å². The first-order chi connectivity index (χ1) is 8.24. The average molecular weight is 235 g/mol. The molecule has 1 heterocycles. The Balaban J connectivity index is 2.40. The van der Waals surface area contributed by atoms with Crippen LogP contribution in [0.3, 0.4) is 0 Å². The molecule has 0 bridgehead atoms. The Morgan fingerprint density at radius 1 is 1.47 bits per heavy atom. The molecule has 0 aliphatic heterocycles. The van der Waals surface area contributed by atoms with Crippen LogP contribution in [0.4, 0.5) is 4.39 Å². The van der Waals surface area contributed by atoms with Gasteiger partial charge in [0.25, 0.3) is 0 Å². The van der Waals surface area contributed by atoms with Crippen molar-refractivity contribution in [2.45, 2.75) is 6.54 Å². The quantitative estimate of drug-likeness (QED) is 0.851. The number of halogens is 1. The molecule has 90 valence electrons. The first-order valence-electron chi connectivity index (χ1n) is 5.27. The molecular formula is C12H14FN3O. The third-order valence-corrected chi connectivity index (χ3v) is 2.42. The number of aromatic nitrogens is 2. The maximum atomic E-state index is 13.2. The van der Waals surface area contributed by atoms with Crippen LogP contribution in [-0.2, 0) is 6.54 Å². The van der Waals surface area contributed by atoms with Crippen LogP contribution in [0.2, 0.25) is 0 Å². The molecule has 4 nitrogen and oxygen atoms in total. The van der Waals surface area contributed by atoms with Crippen LogP contribution in [0.5, 0.6) is 5.75 Å². The van der Waals surface area contributed by atoms with Gasteiger partial charge in [0.1, 0.15) is 17.4 Å². The lowest BCUT2D eigenvalue weighted by atomic mass is 10.1. The summed E-state index contributed by atoms with van der Waals surface area (Å²) in [4.78, 5) is 7.30. The summed E-state index contributed by atoms with van der Waals surface area (Å²) in [7, 11) is 3.40. The van der Waals surface area contributed by atoms with Gasteiger partial charge in [-0.05, 0) is 25.2 Å². The number of hydrogen-bond donors (Lipinski definition) is 2. The maximum absolute atomic E-state index is 13.2. The number of methoxy groups -OCH3 is 1. The molecule has 2 rings (SSSR count). The van der Waals surface area contributed by atoms with Crippen molar-refractivity contribution in [2.24, 2.45) is 0 Å². The second-order valence-corrected chi connectivity index (χ2v) is 3.62. The standard InChI is InChI=1S/C12H14FN3O/c1-14-7-12-15-6-10(16-12)9-5-8(13)3-4-11(9)17-2/h3-6,14H,7H2,1-2H3,(H,15,16). The highest BCUT2D eigenvalue weighted by Gasteiger charge is 2.09. The van der Waals surface area contributed by atoms with E-state index in [0.29, 0.717) is 17.9 Å². The molecule has 0 aliphatic rings. The molecule has 2 aromatic rings. The van der Waals surface area contributed by atoms with E-state index in [2.05, 4.69) is 15.3 Å². The van der Waals surface area contributed by atoms with E-state index in [1.807, 2.05) is 7.05 Å². The summed E-state index contributed by atoms with van der Waals surface area (Å²) in [5.41, 5.74) is 1.41. The van der Waals surface area contributed by atoms with Crippen LogP contribution < -0.4 is 10.1 Å². The van der Waals surface area contributed by atoms with Crippen molar-refractivity contribution in [1.82, 2.24) is 15.3 Å². The van der Waals surface area contributed by atoms with Gasteiger partial charge in [0, 0.05) is 5.56 Å². The van der Waals surface area contributed by atoms with Gasteiger partial charge in [0.15, 0.2) is 0 Å². The fraction of sp³-hybridized carbons (Fsp3) is 0.250. The van der Waals surface area contributed by atoms with Gasteiger partial charge >= 0.3 is 0 Å². The van der Waals surface area contributed by atoms with Gasteiger partial charge in [-0.1, -0.05) is 0 Å². The zero-order valence-electron chi connectivity index (χ0n) is 9.75. The van der Waals surface area contributed by atoms with Gasteiger partial charge in [0.2, 0.25) is 0 Å². The Morgan fingerprint density at radius 3 is 3.00 bits per heavy atom. The molecule has 0 amide bonds. The van der Waals surface area contributed by atoms with Crippen LogP contribution in [0.1, 0.15) is 5.82 Å². The van der Waals surface area contributed by atoms with Crippen molar-refractivity contribution < 1.29 is 9.13 Å². The first-order valence-corrected chi connectivity index (χ1v) is 5.27. The second-order valence-electron chi connectivity index (χ2n) is 3.62. The maximum Gasteiger partial charge on any atom is 0.128 e. The lowest BCUT2D eigenvalue weighted by Crippen LogP contribution is -2.06. The Bertz CT molecular complexity index is 510. The number of imidazole rings is 1. The van der Waals surface area contributed by atoms with E-state index in [4.69, 9.17) is 4.74 Å². The molecule has 1 aromatic heterocycles. The summed E-state index contributed by atoms with van der Waals surface area (Å²) in [6, 6.07) is 4.39. The number of ether oxygens (including phenoxy) is 1. The minimum atomic E-state index is -0.300. The minimum absolute atomic E-state index is 0.300. The fourth-order valence-corrected chi connectivity index (χ4v) is 1.65. The van der Waals surface area contributed by atoms with Crippen molar-refractivity contribution in [3.05, 3.63) is 36.0 Å². The highest BCUT2D eigenvalue weighted by Crippen LogP contribution is 2.29. The van der Waals surface area contributed by atoms with Gasteiger partial charge in [-0.3, -0.25) is 0 Å². The molecule has 0 unspecified atom stereocenters. The molecular weight excluding hydrogens is 221 g/mol. The van der Waals surface area contributed by atoms with E-state index in [0.717, 1.165) is 11.5 Å². The first kappa shape index (κ1) is 11.6. The summed E-state index contributed by atoms with van der Waals surface area (Å²) < 4.78 is 18.4. The zero-order chi connectivity index (χ0) is 12.3. The van der Waals surface area contributed by atoms with E-state index >= 15 is 0 Å². The summed E-state index contributed by atoms with van der Waals surface area (Å²) in [6.07, 6.45) is 1.67. The molecule has 0 aliphatic carbocycles. The van der Waals surface area contributed by atoms with Crippen LogP contribution >= 0.6 is 0 Å². The predicted molar refractivity (Wildman–Crippen MR) is 63.3 cm³/mol. The van der Waals surface area contributed by atoms with Gasteiger partial charge in [-0.2, -0.15) is 0 Å². The molecule has 2 N–H and O–H groups in total. The Morgan fingerprint density at radius 2 is 2.29 bits per heavy atom. The van der Waals surface area contributed by atoms with Crippen molar-refractivity contribution >= 4 is 0 Å². The number of hydrogen-bond acceptors (Lipinski definition) is 3. The highest BCUT2D eigenvalue weighted by molar-refractivity contribution is 5.66. The average Bonchev–Trinajstić information content (AvgIpc) is 2.78. The molecule has 17 heavy (non-hydrogen) atoms. The molecule has 0 atom stereocenters. The molecule has 5 heteroatoms. The smallest absolute Gasteiger partial charge is 0.128 e. The Hall–Kier alpha value is -1.88. The van der Waals surface area contributed by atoms with E-state index < -0.39 is 0 Å². The normalized spacial score (nSPS) is 10.5. The number of rotatable bonds is 4. The Labute approximate surface area is 98.8 Å².